The van der Waals surface area contributed by atoms with Gasteiger partial charge >= 0.3 is 0 Å². The first-order chi connectivity index (χ1) is 16.1. The van der Waals surface area contributed by atoms with Crippen LogP contribution in [0, 0.1) is 0 Å². The lowest BCUT2D eigenvalue weighted by molar-refractivity contribution is 0.103. The van der Waals surface area contributed by atoms with Gasteiger partial charge in [-0.25, -0.2) is 0 Å². The van der Waals surface area contributed by atoms with Gasteiger partial charge in [0.2, 0.25) is 0 Å². The molecule has 174 valence electrons. The number of fused-ring (bicyclic) bond motifs is 1. The van der Waals surface area contributed by atoms with Gasteiger partial charge < -0.3 is 10.6 Å². The van der Waals surface area contributed by atoms with Gasteiger partial charge in [-0.15, -0.1) is 0 Å². The van der Waals surface area contributed by atoms with Crippen LogP contribution in [-0.2, 0) is 0 Å². The Morgan fingerprint density at radius 2 is 1.91 bits per heavy atom. The molecule has 5 nitrogen and oxygen atoms in total. The molecule has 5 heteroatoms. The molecule has 33 heavy (non-hydrogen) atoms. The molecular weight excluding hydrogens is 410 g/mol. The zero-order valence-corrected chi connectivity index (χ0v) is 19.8. The Hall–Kier alpha value is -3.05. The Labute approximate surface area is 196 Å². The molecule has 2 heterocycles. The third-order valence-electron chi connectivity index (χ3n) is 6.39. The minimum atomic E-state index is -0.00151. The summed E-state index contributed by atoms with van der Waals surface area (Å²) in [6.45, 7) is 8.21. The number of ketones is 1. The van der Waals surface area contributed by atoms with Crippen molar-refractivity contribution in [1.82, 2.24) is 9.58 Å². The molecule has 0 amide bonds. The van der Waals surface area contributed by atoms with Gasteiger partial charge in [0.15, 0.2) is 5.78 Å². The van der Waals surface area contributed by atoms with Crippen molar-refractivity contribution in [3.8, 4) is 5.75 Å². The van der Waals surface area contributed by atoms with Crippen LogP contribution in [0.1, 0.15) is 67.4 Å². The van der Waals surface area contributed by atoms with E-state index in [0.717, 1.165) is 67.5 Å². The summed E-state index contributed by atoms with van der Waals surface area (Å²) in [6.07, 6.45) is 9.79. The molecule has 0 atom stereocenters. The Morgan fingerprint density at radius 1 is 1.06 bits per heavy atom. The topological polar surface area (TPSA) is 60.5 Å². The van der Waals surface area contributed by atoms with Gasteiger partial charge in [0, 0.05) is 41.4 Å². The van der Waals surface area contributed by atoms with E-state index < -0.39 is 0 Å². The van der Waals surface area contributed by atoms with Crippen LogP contribution in [-0.4, -0.2) is 41.6 Å². The molecule has 2 aromatic carbocycles. The van der Waals surface area contributed by atoms with Gasteiger partial charge in [0.1, 0.15) is 5.75 Å². The van der Waals surface area contributed by atoms with Crippen molar-refractivity contribution in [3.63, 3.8) is 0 Å². The van der Waals surface area contributed by atoms with E-state index in [9.17, 15) is 4.79 Å². The average molecular weight is 446 g/mol. The third-order valence-corrected chi connectivity index (χ3v) is 6.39. The van der Waals surface area contributed by atoms with Crippen molar-refractivity contribution < 1.29 is 9.53 Å². The van der Waals surface area contributed by atoms with E-state index in [1.54, 1.807) is 4.68 Å². The average Bonchev–Trinajstić information content (AvgIpc) is 3.18. The molecule has 1 aromatic heterocycles. The maximum Gasteiger partial charge on any atom is 0.193 e. The molecule has 0 unspecified atom stereocenters. The highest BCUT2D eigenvalue weighted by Gasteiger charge is 2.18. The van der Waals surface area contributed by atoms with Crippen molar-refractivity contribution in [3.05, 3.63) is 71.4 Å². The first kappa shape index (κ1) is 23.1. The van der Waals surface area contributed by atoms with Crippen molar-refractivity contribution in [2.24, 2.45) is 0 Å². The molecule has 2 N–H and O–H groups in total. The van der Waals surface area contributed by atoms with Crippen LogP contribution in [0.2, 0.25) is 0 Å². The normalized spacial score (nSPS) is 14.4. The molecule has 0 saturated heterocycles. The molecule has 0 fully saturated rings. The van der Waals surface area contributed by atoms with E-state index in [-0.39, 0.29) is 5.78 Å². The molecular formula is C28H35N3O2. The zero-order valence-electron chi connectivity index (χ0n) is 19.8. The number of benzene rings is 2. The van der Waals surface area contributed by atoms with Crippen LogP contribution in [0.5, 0.6) is 5.75 Å². The van der Waals surface area contributed by atoms with E-state index in [0.29, 0.717) is 17.7 Å². The van der Waals surface area contributed by atoms with Crippen LogP contribution in [0.15, 0.2) is 54.7 Å². The lowest BCUT2D eigenvalue weighted by atomic mass is 9.96. The first-order valence-corrected chi connectivity index (χ1v) is 12.2. The second kappa shape index (κ2) is 10.7. The number of carbonyl (C=O) groups excluding carboxylic acids is 1. The number of aromatic nitrogens is 1. The number of rotatable bonds is 10. The second-order valence-corrected chi connectivity index (χ2v) is 8.87. The fraction of sp³-hybridized carbons (Fsp3) is 0.393. The van der Waals surface area contributed by atoms with E-state index in [4.69, 9.17) is 10.6 Å². The Balaban J connectivity index is 1.58. The third kappa shape index (κ3) is 5.31. The molecule has 0 bridgehead atoms. The van der Waals surface area contributed by atoms with Crippen LogP contribution >= 0.6 is 0 Å². The van der Waals surface area contributed by atoms with E-state index in [1.165, 1.54) is 12.0 Å². The first-order valence-electron chi connectivity index (χ1n) is 12.2. The van der Waals surface area contributed by atoms with Gasteiger partial charge in [-0.05, 0) is 61.7 Å². The summed E-state index contributed by atoms with van der Waals surface area (Å²) in [5, 5.41) is 1.03. The predicted octanol–water partition coefficient (Wildman–Crippen LogP) is 5.65. The molecule has 0 radical (unpaired) electrons. The van der Waals surface area contributed by atoms with Crippen molar-refractivity contribution in [1.29, 1.82) is 0 Å². The number of unbranched alkanes of at least 4 members (excludes halogenated alkanes) is 2. The molecule has 1 aliphatic rings. The molecule has 0 aliphatic carbocycles. The summed E-state index contributed by atoms with van der Waals surface area (Å²) < 4.78 is 7.52. The van der Waals surface area contributed by atoms with Crippen LogP contribution in [0.25, 0.3) is 16.5 Å². The molecule has 0 spiro atoms. The van der Waals surface area contributed by atoms with Gasteiger partial charge in [-0.2, -0.15) is 0 Å². The number of nitrogens with zero attached hydrogens (tertiary/aromatic N) is 2. The van der Waals surface area contributed by atoms with Crippen molar-refractivity contribution in [2.45, 2.75) is 46.0 Å². The van der Waals surface area contributed by atoms with E-state index >= 15 is 0 Å². The zero-order chi connectivity index (χ0) is 23.2. The summed E-state index contributed by atoms with van der Waals surface area (Å²) in [5.41, 5.74) is 4.69. The maximum atomic E-state index is 13.3. The summed E-state index contributed by atoms with van der Waals surface area (Å²) in [6, 6.07) is 13.3. The SMILES string of the molecule is CCCCCOc1cccc(C(=O)c2ccc3c(c2)c(C2=CCN(CCC)CC2)cn3N)c1. The molecule has 1 aliphatic heterocycles. The van der Waals surface area contributed by atoms with Gasteiger partial charge in [-0.3, -0.25) is 14.4 Å². The summed E-state index contributed by atoms with van der Waals surface area (Å²) in [7, 11) is 0. The summed E-state index contributed by atoms with van der Waals surface area (Å²) in [4.78, 5) is 15.8. The minimum Gasteiger partial charge on any atom is -0.494 e. The predicted molar refractivity (Wildman–Crippen MR) is 136 cm³/mol. The van der Waals surface area contributed by atoms with Gasteiger partial charge in [0.25, 0.3) is 0 Å². The number of ether oxygens (including phenoxy) is 1. The highest BCUT2D eigenvalue weighted by atomic mass is 16.5. The lowest BCUT2D eigenvalue weighted by Gasteiger charge is -2.25. The van der Waals surface area contributed by atoms with Gasteiger partial charge in [-0.1, -0.05) is 44.9 Å². The highest BCUT2D eigenvalue weighted by molar-refractivity contribution is 6.11. The summed E-state index contributed by atoms with van der Waals surface area (Å²) in [5.74, 6) is 7.01. The fourth-order valence-electron chi connectivity index (χ4n) is 4.56. The second-order valence-electron chi connectivity index (χ2n) is 8.87. The summed E-state index contributed by atoms with van der Waals surface area (Å²) >= 11 is 0. The largest absolute Gasteiger partial charge is 0.494 e. The number of nitrogens with two attached hydrogens (primary N) is 1. The number of hydrogen-bond acceptors (Lipinski definition) is 4. The van der Waals surface area contributed by atoms with Crippen LogP contribution in [0.3, 0.4) is 0 Å². The van der Waals surface area contributed by atoms with E-state index in [1.807, 2.05) is 48.7 Å². The van der Waals surface area contributed by atoms with Crippen molar-refractivity contribution in [2.75, 3.05) is 32.1 Å². The highest BCUT2D eigenvalue weighted by Crippen LogP contribution is 2.31. The molecule has 3 aromatic rings. The lowest BCUT2D eigenvalue weighted by Crippen LogP contribution is -2.29. The Bertz CT molecular complexity index is 1150. The standard InChI is InChI=1S/C28H35N3O2/c1-3-5-6-17-33-24-9-7-8-22(18-24)28(32)23-10-11-27-25(19-23)26(20-31(27)29)21-12-15-30(14-4-2)16-13-21/h7-12,18-20H,3-6,13-17,29H2,1-2H3. The quantitative estimate of drug-likeness (QED) is 0.249. The number of hydrogen-bond donors (Lipinski definition) is 1. The fourth-order valence-corrected chi connectivity index (χ4v) is 4.56. The van der Waals surface area contributed by atoms with Gasteiger partial charge in [0.05, 0.1) is 12.1 Å². The van der Waals surface area contributed by atoms with E-state index in [2.05, 4.69) is 24.8 Å². The smallest absolute Gasteiger partial charge is 0.193 e. The monoisotopic (exact) mass is 445 g/mol. The Kier molecular flexibility index (Phi) is 7.50. The van der Waals surface area contributed by atoms with Crippen molar-refractivity contribution >= 4 is 22.3 Å². The van der Waals surface area contributed by atoms with Crippen LogP contribution < -0.4 is 10.6 Å². The maximum absolute atomic E-state index is 13.3. The molecule has 0 saturated carbocycles. The Morgan fingerprint density at radius 3 is 2.67 bits per heavy atom. The molecule has 4 rings (SSSR count). The number of nitrogen functional groups attached to an aromatic ring is 1. The van der Waals surface area contributed by atoms with Crippen LogP contribution in [0.4, 0.5) is 0 Å². The number of carbonyl (C=O) groups is 1. The minimum absolute atomic E-state index is 0.00151.